The number of methoxy groups -OCH3 is 1. The summed E-state index contributed by atoms with van der Waals surface area (Å²) in [6.45, 7) is 3.80. The molecule has 1 aliphatic heterocycles. The average Bonchev–Trinajstić information content (AvgIpc) is 2.37. The van der Waals surface area contributed by atoms with Gasteiger partial charge in [-0.25, -0.2) is 0 Å². The van der Waals surface area contributed by atoms with Gasteiger partial charge in [0.05, 0.1) is 6.04 Å². The van der Waals surface area contributed by atoms with Gasteiger partial charge in [0.25, 0.3) is 0 Å². The van der Waals surface area contributed by atoms with Crippen molar-refractivity contribution >= 4 is 17.8 Å². The highest BCUT2D eigenvalue weighted by Gasteiger charge is 2.42. The molecule has 0 radical (unpaired) electrons. The molecule has 1 fully saturated rings. The highest BCUT2D eigenvalue weighted by atomic mass is 16.7. The van der Waals surface area contributed by atoms with Gasteiger partial charge in [0.1, 0.15) is 12.7 Å². The number of carbonyl (C=O) groups is 3. The first-order valence-electron chi connectivity index (χ1n) is 6.59. The van der Waals surface area contributed by atoms with Crippen molar-refractivity contribution in [3.63, 3.8) is 0 Å². The fourth-order valence-electron chi connectivity index (χ4n) is 2.17. The lowest BCUT2D eigenvalue weighted by Crippen LogP contribution is -2.58. The highest BCUT2D eigenvalue weighted by Crippen LogP contribution is 2.24. The van der Waals surface area contributed by atoms with Crippen molar-refractivity contribution in [2.24, 2.45) is 0 Å². The number of hydrogen-bond donors (Lipinski definition) is 1. The lowest BCUT2D eigenvalue weighted by molar-refractivity contribution is -0.237. The fraction of sp³-hybridized carbons (Fsp3) is 0.769. The number of ether oxygens (including phenoxy) is 4. The minimum absolute atomic E-state index is 0.0940. The predicted molar refractivity (Wildman–Crippen MR) is 70.1 cm³/mol. The average molecular weight is 303 g/mol. The Labute approximate surface area is 123 Å². The Morgan fingerprint density at radius 3 is 2.33 bits per heavy atom. The molecule has 1 aliphatic rings. The van der Waals surface area contributed by atoms with E-state index in [4.69, 9.17) is 18.9 Å². The maximum Gasteiger partial charge on any atom is 0.303 e. The number of carbonyl (C=O) groups excluding carboxylic acids is 3. The first-order chi connectivity index (χ1) is 9.83. The Balaban J connectivity index is 2.87. The SMILES string of the molecule is CO[C@@H]1C[C@@H](NC(C)=O)[C@@H](OC(C)=O)[C@@H](COC(C)=O)O1. The van der Waals surface area contributed by atoms with E-state index in [1.54, 1.807) is 0 Å². The first-order valence-corrected chi connectivity index (χ1v) is 6.59. The van der Waals surface area contributed by atoms with E-state index in [9.17, 15) is 14.4 Å². The van der Waals surface area contributed by atoms with E-state index in [1.807, 2.05) is 0 Å². The van der Waals surface area contributed by atoms with E-state index < -0.39 is 36.5 Å². The predicted octanol–water partition coefficient (Wildman–Crippen LogP) is -0.253. The number of hydrogen-bond acceptors (Lipinski definition) is 7. The van der Waals surface area contributed by atoms with Crippen LogP contribution in [0.4, 0.5) is 0 Å². The third kappa shape index (κ3) is 5.68. The molecular formula is C13H21NO7. The highest BCUT2D eigenvalue weighted by molar-refractivity contribution is 5.73. The maximum absolute atomic E-state index is 11.3. The molecule has 0 aromatic carbocycles. The van der Waals surface area contributed by atoms with E-state index in [2.05, 4.69) is 5.32 Å². The molecule has 0 spiro atoms. The Hall–Kier alpha value is -1.67. The van der Waals surface area contributed by atoms with E-state index in [0.29, 0.717) is 6.42 Å². The van der Waals surface area contributed by atoms with Gasteiger partial charge in [-0.15, -0.1) is 0 Å². The Kier molecular flexibility index (Phi) is 6.57. The number of nitrogens with one attached hydrogen (secondary N) is 1. The molecule has 1 amide bonds. The van der Waals surface area contributed by atoms with Crippen LogP contribution in [0.1, 0.15) is 27.2 Å². The van der Waals surface area contributed by atoms with Crippen molar-refractivity contribution in [2.75, 3.05) is 13.7 Å². The molecule has 4 atom stereocenters. The lowest BCUT2D eigenvalue weighted by atomic mass is 9.98. The molecule has 1 N–H and O–H groups in total. The second-order valence-corrected chi connectivity index (χ2v) is 4.76. The summed E-state index contributed by atoms with van der Waals surface area (Å²) in [7, 11) is 1.46. The Morgan fingerprint density at radius 2 is 1.86 bits per heavy atom. The lowest BCUT2D eigenvalue weighted by Gasteiger charge is -2.40. The van der Waals surface area contributed by atoms with Gasteiger partial charge in [-0.1, -0.05) is 0 Å². The molecular weight excluding hydrogens is 282 g/mol. The number of amides is 1. The molecule has 1 rings (SSSR count). The van der Waals surface area contributed by atoms with Crippen LogP contribution < -0.4 is 5.32 Å². The van der Waals surface area contributed by atoms with E-state index in [1.165, 1.54) is 27.9 Å². The summed E-state index contributed by atoms with van der Waals surface area (Å²) < 4.78 is 20.9. The minimum atomic E-state index is -0.753. The van der Waals surface area contributed by atoms with Gasteiger partial charge in [0, 0.05) is 34.3 Å². The summed E-state index contributed by atoms with van der Waals surface area (Å²) in [6, 6.07) is -0.481. The maximum atomic E-state index is 11.3. The molecule has 21 heavy (non-hydrogen) atoms. The molecule has 8 nitrogen and oxygen atoms in total. The zero-order chi connectivity index (χ0) is 16.0. The monoisotopic (exact) mass is 303 g/mol. The van der Waals surface area contributed by atoms with Crippen LogP contribution in [-0.4, -0.2) is 56.1 Å². The van der Waals surface area contributed by atoms with Gasteiger partial charge in [0.15, 0.2) is 12.4 Å². The smallest absolute Gasteiger partial charge is 0.303 e. The molecule has 0 unspecified atom stereocenters. The summed E-state index contributed by atoms with van der Waals surface area (Å²) in [5.41, 5.74) is 0. The zero-order valence-electron chi connectivity index (χ0n) is 12.6. The Bertz CT molecular complexity index is 398. The minimum Gasteiger partial charge on any atom is -0.463 e. The van der Waals surface area contributed by atoms with Crippen molar-refractivity contribution in [3.05, 3.63) is 0 Å². The van der Waals surface area contributed by atoms with Crippen LogP contribution in [0.5, 0.6) is 0 Å². The number of esters is 2. The summed E-state index contributed by atoms with van der Waals surface area (Å²) in [4.78, 5) is 33.5. The van der Waals surface area contributed by atoms with Gasteiger partial charge in [-0.3, -0.25) is 14.4 Å². The van der Waals surface area contributed by atoms with Gasteiger partial charge in [-0.05, 0) is 0 Å². The molecule has 0 aromatic heterocycles. The van der Waals surface area contributed by atoms with Crippen LogP contribution in [0.2, 0.25) is 0 Å². The van der Waals surface area contributed by atoms with Gasteiger partial charge >= 0.3 is 11.9 Å². The van der Waals surface area contributed by atoms with Gasteiger partial charge in [0.2, 0.25) is 5.91 Å². The molecule has 0 aliphatic carbocycles. The topological polar surface area (TPSA) is 100 Å². The van der Waals surface area contributed by atoms with Crippen LogP contribution in [0.25, 0.3) is 0 Å². The van der Waals surface area contributed by atoms with Crippen LogP contribution in [0.15, 0.2) is 0 Å². The second kappa shape index (κ2) is 7.94. The summed E-state index contributed by atoms with van der Waals surface area (Å²) in [5.74, 6) is -1.25. The molecule has 0 aromatic rings. The van der Waals surface area contributed by atoms with E-state index in [-0.39, 0.29) is 12.5 Å². The molecule has 1 heterocycles. The molecule has 0 saturated carbocycles. The van der Waals surface area contributed by atoms with Crippen LogP contribution in [0, 0.1) is 0 Å². The van der Waals surface area contributed by atoms with Crippen LogP contribution in [0.3, 0.4) is 0 Å². The molecule has 0 bridgehead atoms. The van der Waals surface area contributed by atoms with E-state index in [0.717, 1.165) is 0 Å². The van der Waals surface area contributed by atoms with Gasteiger partial charge in [-0.2, -0.15) is 0 Å². The van der Waals surface area contributed by atoms with Crippen molar-refractivity contribution in [1.29, 1.82) is 0 Å². The van der Waals surface area contributed by atoms with Crippen LogP contribution >= 0.6 is 0 Å². The second-order valence-electron chi connectivity index (χ2n) is 4.76. The van der Waals surface area contributed by atoms with Crippen molar-refractivity contribution in [1.82, 2.24) is 5.32 Å². The molecule has 8 heteroatoms. The summed E-state index contributed by atoms with van der Waals surface area (Å²) >= 11 is 0. The largest absolute Gasteiger partial charge is 0.463 e. The van der Waals surface area contributed by atoms with Gasteiger partial charge < -0.3 is 24.3 Å². The molecule has 1 saturated heterocycles. The normalized spacial score (nSPS) is 28.6. The zero-order valence-corrected chi connectivity index (χ0v) is 12.6. The third-order valence-electron chi connectivity index (χ3n) is 2.94. The molecule has 120 valence electrons. The first kappa shape index (κ1) is 17.4. The number of rotatable bonds is 5. The summed E-state index contributed by atoms with van der Waals surface area (Å²) in [6.07, 6.45) is -1.73. The summed E-state index contributed by atoms with van der Waals surface area (Å²) in [5, 5.41) is 2.70. The van der Waals surface area contributed by atoms with Crippen LogP contribution in [-0.2, 0) is 33.3 Å². The van der Waals surface area contributed by atoms with E-state index >= 15 is 0 Å². The van der Waals surface area contributed by atoms with Crippen molar-refractivity contribution < 1.29 is 33.3 Å². The van der Waals surface area contributed by atoms with Crippen molar-refractivity contribution in [3.8, 4) is 0 Å². The fourth-order valence-corrected chi connectivity index (χ4v) is 2.17. The van der Waals surface area contributed by atoms with Crippen molar-refractivity contribution in [2.45, 2.75) is 51.7 Å². The standard InChI is InChI=1S/C13H21NO7/c1-7(15)14-10-5-12(18-4)21-11(6-19-8(2)16)13(10)20-9(3)17/h10-13H,5-6H2,1-4H3,(H,14,15)/t10-,11-,12+,13-/m1/s1. The Morgan fingerprint density at radius 1 is 1.19 bits per heavy atom. The third-order valence-corrected chi connectivity index (χ3v) is 2.94. The quantitative estimate of drug-likeness (QED) is 0.699.